The van der Waals surface area contributed by atoms with Gasteiger partial charge in [-0.1, -0.05) is 37.3 Å². The van der Waals surface area contributed by atoms with E-state index in [-0.39, 0.29) is 12.5 Å². The summed E-state index contributed by atoms with van der Waals surface area (Å²) in [5, 5.41) is 12.7. The van der Waals surface area contributed by atoms with E-state index in [0.29, 0.717) is 34.6 Å². The largest absolute Gasteiger partial charge is 0.493 e. The molecule has 0 radical (unpaired) electrons. The molecule has 0 heterocycles. The number of nitrogens with one attached hydrogen (secondary N) is 1. The van der Waals surface area contributed by atoms with Crippen LogP contribution in [0.2, 0.25) is 0 Å². The molecule has 2 rings (SSSR count). The molecule has 0 aromatic heterocycles. The normalized spacial score (nSPS) is 12.7. The van der Waals surface area contributed by atoms with Gasteiger partial charge in [0.1, 0.15) is 5.41 Å². The number of aliphatic carboxylic acids is 1. The zero-order valence-electron chi connectivity index (χ0n) is 16.0. The molecule has 0 aliphatic rings. The molecule has 2 aromatic carbocycles. The molecule has 0 spiro atoms. The molecule has 0 bridgehead atoms. The highest BCUT2D eigenvalue weighted by Gasteiger charge is 2.39. The molecule has 1 atom stereocenters. The van der Waals surface area contributed by atoms with Gasteiger partial charge in [-0.15, -0.1) is 0 Å². The van der Waals surface area contributed by atoms with Gasteiger partial charge < -0.3 is 19.9 Å². The van der Waals surface area contributed by atoms with Gasteiger partial charge in [0.25, 0.3) is 5.91 Å². The minimum Gasteiger partial charge on any atom is -0.493 e. The maximum Gasteiger partial charge on any atom is 0.315 e. The summed E-state index contributed by atoms with van der Waals surface area (Å²) in [6.07, 6.45) is 0.345. The average Bonchev–Trinajstić information content (AvgIpc) is 2.68. The molecule has 2 aromatic rings. The quantitative estimate of drug-likeness (QED) is 0.744. The molecule has 27 heavy (non-hydrogen) atoms. The number of amides is 1. The molecular weight excluding hydrogens is 346 g/mol. The number of methoxy groups -OCH3 is 2. The van der Waals surface area contributed by atoms with Crippen LogP contribution in [0.5, 0.6) is 11.5 Å². The minimum atomic E-state index is -1.19. The molecule has 0 aliphatic carbocycles. The van der Waals surface area contributed by atoms with Crippen molar-refractivity contribution in [1.82, 2.24) is 5.32 Å². The summed E-state index contributed by atoms with van der Waals surface area (Å²) < 4.78 is 10.5. The Kier molecular flexibility index (Phi) is 6.45. The fraction of sp³-hybridized carbons (Fsp3) is 0.333. The van der Waals surface area contributed by atoms with E-state index >= 15 is 0 Å². The van der Waals surface area contributed by atoms with Crippen LogP contribution >= 0.6 is 0 Å². The highest BCUT2D eigenvalue weighted by Crippen LogP contribution is 2.31. The van der Waals surface area contributed by atoms with Gasteiger partial charge in [0.15, 0.2) is 11.5 Å². The summed E-state index contributed by atoms with van der Waals surface area (Å²) in [5.41, 5.74) is 0.587. The molecule has 6 heteroatoms. The monoisotopic (exact) mass is 371 g/mol. The van der Waals surface area contributed by atoms with Crippen LogP contribution in [0.1, 0.15) is 34.8 Å². The Bertz CT molecular complexity index is 819. The summed E-state index contributed by atoms with van der Waals surface area (Å²) in [6.45, 7) is 3.57. The molecule has 1 unspecified atom stereocenters. The Morgan fingerprint density at radius 2 is 1.67 bits per heavy atom. The van der Waals surface area contributed by atoms with E-state index in [4.69, 9.17) is 9.47 Å². The third-order valence-corrected chi connectivity index (χ3v) is 4.87. The lowest BCUT2D eigenvalue weighted by Gasteiger charge is -2.29. The summed E-state index contributed by atoms with van der Waals surface area (Å²) in [7, 11) is 3.02. The van der Waals surface area contributed by atoms with Crippen LogP contribution in [0, 0.1) is 6.92 Å². The van der Waals surface area contributed by atoms with E-state index < -0.39 is 11.4 Å². The fourth-order valence-corrected chi connectivity index (χ4v) is 3.09. The van der Waals surface area contributed by atoms with Crippen molar-refractivity contribution in [1.29, 1.82) is 0 Å². The first-order valence-electron chi connectivity index (χ1n) is 8.69. The van der Waals surface area contributed by atoms with Crippen molar-refractivity contribution in [3.05, 3.63) is 59.2 Å². The number of carbonyl (C=O) groups excluding carboxylic acids is 1. The van der Waals surface area contributed by atoms with E-state index in [1.165, 1.54) is 14.2 Å². The number of benzene rings is 2. The molecule has 6 nitrogen and oxygen atoms in total. The molecule has 1 amide bonds. The van der Waals surface area contributed by atoms with Crippen molar-refractivity contribution < 1.29 is 24.2 Å². The zero-order chi connectivity index (χ0) is 20.0. The molecule has 2 N–H and O–H groups in total. The molecule has 0 fully saturated rings. The Hall–Kier alpha value is -3.02. The lowest BCUT2D eigenvalue weighted by Crippen LogP contribution is -2.46. The summed E-state index contributed by atoms with van der Waals surface area (Å²) in [5.74, 6) is -0.357. The van der Waals surface area contributed by atoms with Crippen molar-refractivity contribution >= 4 is 11.9 Å². The number of hydrogen-bond acceptors (Lipinski definition) is 4. The maximum absolute atomic E-state index is 12.7. The Morgan fingerprint density at radius 1 is 1.07 bits per heavy atom. The van der Waals surface area contributed by atoms with Crippen LogP contribution < -0.4 is 14.8 Å². The summed E-state index contributed by atoms with van der Waals surface area (Å²) in [4.78, 5) is 24.8. The first kappa shape index (κ1) is 20.3. The first-order valence-corrected chi connectivity index (χ1v) is 8.69. The fourth-order valence-electron chi connectivity index (χ4n) is 3.09. The van der Waals surface area contributed by atoms with Crippen LogP contribution in [-0.4, -0.2) is 37.7 Å². The molecule has 0 aliphatic heterocycles. The topological polar surface area (TPSA) is 84.9 Å². The smallest absolute Gasteiger partial charge is 0.315 e. The maximum atomic E-state index is 12.7. The average molecular weight is 371 g/mol. The van der Waals surface area contributed by atoms with Gasteiger partial charge in [-0.2, -0.15) is 0 Å². The van der Waals surface area contributed by atoms with Gasteiger partial charge >= 0.3 is 5.97 Å². The number of carbonyl (C=O) groups is 2. The second kappa shape index (κ2) is 8.58. The molecule has 144 valence electrons. The lowest BCUT2D eigenvalue weighted by molar-refractivity contribution is -0.143. The van der Waals surface area contributed by atoms with Crippen LogP contribution in [0.25, 0.3) is 0 Å². The zero-order valence-corrected chi connectivity index (χ0v) is 16.0. The second-order valence-corrected chi connectivity index (χ2v) is 6.31. The summed E-state index contributed by atoms with van der Waals surface area (Å²) in [6, 6.07) is 12.3. The van der Waals surface area contributed by atoms with Crippen LogP contribution in [0.15, 0.2) is 42.5 Å². The molecular formula is C21H25NO5. The molecule has 0 saturated carbocycles. The van der Waals surface area contributed by atoms with Gasteiger partial charge in [0, 0.05) is 12.1 Å². The first-order chi connectivity index (χ1) is 12.9. The van der Waals surface area contributed by atoms with Crippen LogP contribution in [0.3, 0.4) is 0 Å². The van der Waals surface area contributed by atoms with Crippen LogP contribution in [-0.2, 0) is 10.2 Å². The van der Waals surface area contributed by atoms with E-state index in [0.717, 1.165) is 0 Å². The third kappa shape index (κ3) is 4.05. The highest BCUT2D eigenvalue weighted by atomic mass is 16.5. The van der Waals surface area contributed by atoms with Gasteiger partial charge in [-0.3, -0.25) is 9.59 Å². The van der Waals surface area contributed by atoms with E-state index in [1.54, 1.807) is 50.2 Å². The standard InChI is InChI=1S/C21H25NO5/c1-5-21(20(24)25,15-9-7-6-8-10-15)13-22-19(23)16-12-18(27-4)17(26-3)11-14(16)2/h6-12H,5,13H2,1-4H3,(H,22,23)(H,24,25). The minimum absolute atomic E-state index is 0.0184. The second-order valence-electron chi connectivity index (χ2n) is 6.31. The molecule has 0 saturated heterocycles. The van der Waals surface area contributed by atoms with Gasteiger partial charge in [-0.05, 0) is 36.6 Å². The van der Waals surface area contributed by atoms with Gasteiger partial charge in [0.05, 0.1) is 14.2 Å². The van der Waals surface area contributed by atoms with Crippen molar-refractivity contribution in [2.75, 3.05) is 20.8 Å². The predicted octanol–water partition coefficient (Wildman–Crippen LogP) is 3.17. The van der Waals surface area contributed by atoms with E-state index in [9.17, 15) is 14.7 Å². The van der Waals surface area contributed by atoms with Gasteiger partial charge in [0.2, 0.25) is 0 Å². The van der Waals surface area contributed by atoms with Crippen LogP contribution in [0.4, 0.5) is 0 Å². The van der Waals surface area contributed by atoms with Crippen molar-refractivity contribution in [2.24, 2.45) is 0 Å². The Labute approximate surface area is 159 Å². The van der Waals surface area contributed by atoms with Crippen molar-refractivity contribution in [3.63, 3.8) is 0 Å². The number of aryl methyl sites for hydroxylation is 1. The SMILES string of the molecule is CCC(CNC(=O)c1cc(OC)c(OC)cc1C)(C(=O)O)c1ccccc1. The van der Waals surface area contributed by atoms with Gasteiger partial charge in [-0.25, -0.2) is 0 Å². The third-order valence-electron chi connectivity index (χ3n) is 4.87. The lowest BCUT2D eigenvalue weighted by atomic mass is 9.78. The Morgan fingerprint density at radius 3 is 2.19 bits per heavy atom. The number of ether oxygens (including phenoxy) is 2. The number of carboxylic acids is 1. The van der Waals surface area contributed by atoms with Crippen molar-refractivity contribution in [3.8, 4) is 11.5 Å². The van der Waals surface area contributed by atoms with Crippen molar-refractivity contribution in [2.45, 2.75) is 25.7 Å². The Balaban J connectivity index is 2.30. The summed E-state index contributed by atoms with van der Waals surface area (Å²) >= 11 is 0. The highest BCUT2D eigenvalue weighted by molar-refractivity contribution is 5.97. The number of carboxylic acid groups (broad SMARTS) is 1. The predicted molar refractivity (Wildman–Crippen MR) is 103 cm³/mol. The van der Waals surface area contributed by atoms with E-state index in [2.05, 4.69) is 5.32 Å². The number of rotatable bonds is 8. The number of hydrogen-bond donors (Lipinski definition) is 2. The van der Waals surface area contributed by atoms with E-state index in [1.807, 2.05) is 6.07 Å².